The number of Topliss-reactive ketones (excluding diaryl/α,β-unsaturated/α-hetero) is 2. The molecule has 4 atom stereocenters. The van der Waals surface area contributed by atoms with E-state index in [9.17, 15) is 28.8 Å². The van der Waals surface area contributed by atoms with E-state index in [0.29, 0.717) is 22.5 Å². The normalized spacial score (nSPS) is 23.2. The molecule has 0 aromatic heterocycles. The second kappa shape index (κ2) is 11.3. The van der Waals surface area contributed by atoms with E-state index in [0.717, 1.165) is 28.4 Å². The van der Waals surface area contributed by atoms with Crippen LogP contribution >= 0.6 is 0 Å². The van der Waals surface area contributed by atoms with Gasteiger partial charge < -0.3 is 28.7 Å². The first kappa shape index (κ1) is 30.0. The number of nitrogens with zero attached hydrogens (tertiary/aromatic N) is 2. The lowest BCUT2D eigenvalue weighted by atomic mass is 9.91. The highest BCUT2D eigenvalue weighted by Gasteiger charge is 2.78. The van der Waals surface area contributed by atoms with Crippen molar-refractivity contribution in [2.45, 2.75) is 23.2 Å². The molecule has 0 N–H and O–H groups in total. The number of methoxy groups -OCH3 is 4. The molecular weight excluding hydrogens is 572 g/mol. The van der Waals surface area contributed by atoms with Gasteiger partial charge >= 0.3 is 23.9 Å². The lowest BCUT2D eigenvalue weighted by Gasteiger charge is -2.13. The number of benzene rings is 3. The molecule has 0 saturated carbocycles. The van der Waals surface area contributed by atoms with Crippen molar-refractivity contribution in [3.63, 3.8) is 0 Å². The SMILES string of the molecule is COC(=O)C(=O)C1(C(=O)OC)C(c2ccc(C3N(c4ccccc4)C3(C(=O)OC)C(=O)C(=O)OC)cc2)N1c1ccccc1. The highest BCUT2D eigenvalue weighted by atomic mass is 16.5. The zero-order chi connectivity index (χ0) is 31.8. The molecule has 226 valence electrons. The van der Waals surface area contributed by atoms with Gasteiger partial charge in [0.15, 0.2) is 0 Å². The van der Waals surface area contributed by atoms with Crippen LogP contribution < -0.4 is 9.80 Å². The van der Waals surface area contributed by atoms with E-state index >= 15 is 0 Å². The summed E-state index contributed by atoms with van der Waals surface area (Å²) in [5.41, 5.74) is -2.19. The number of carbonyl (C=O) groups is 6. The van der Waals surface area contributed by atoms with Crippen molar-refractivity contribution in [1.82, 2.24) is 0 Å². The van der Waals surface area contributed by atoms with Gasteiger partial charge in [-0.05, 0) is 35.4 Å². The molecule has 44 heavy (non-hydrogen) atoms. The second-order valence-electron chi connectivity index (χ2n) is 10.0. The Labute approximate surface area is 252 Å². The lowest BCUT2D eigenvalue weighted by Crippen LogP contribution is -2.44. The van der Waals surface area contributed by atoms with Gasteiger partial charge in [0.1, 0.15) is 0 Å². The van der Waals surface area contributed by atoms with Gasteiger partial charge in [-0.3, -0.25) is 9.59 Å². The lowest BCUT2D eigenvalue weighted by molar-refractivity contribution is -0.158. The zero-order valence-electron chi connectivity index (χ0n) is 24.2. The first-order valence-corrected chi connectivity index (χ1v) is 13.4. The third-order valence-corrected chi connectivity index (χ3v) is 8.00. The Hall–Kier alpha value is -5.52. The Kier molecular flexibility index (Phi) is 7.68. The summed E-state index contributed by atoms with van der Waals surface area (Å²) in [4.78, 5) is 81.2. The summed E-state index contributed by atoms with van der Waals surface area (Å²) in [6.07, 6.45) is 0. The predicted molar refractivity (Wildman–Crippen MR) is 153 cm³/mol. The van der Waals surface area contributed by atoms with Gasteiger partial charge in [-0.25, -0.2) is 19.2 Å². The molecule has 0 radical (unpaired) electrons. The van der Waals surface area contributed by atoms with E-state index in [-0.39, 0.29) is 0 Å². The number of rotatable bonds is 10. The summed E-state index contributed by atoms with van der Waals surface area (Å²) in [7, 11) is 4.32. The van der Waals surface area contributed by atoms with Crippen LogP contribution in [-0.4, -0.2) is 75.0 Å². The van der Waals surface area contributed by atoms with Crippen molar-refractivity contribution in [1.29, 1.82) is 0 Å². The largest absolute Gasteiger partial charge is 0.467 e. The third-order valence-electron chi connectivity index (χ3n) is 8.00. The fourth-order valence-electron chi connectivity index (χ4n) is 5.99. The Bertz CT molecular complexity index is 1520. The number of esters is 4. The molecule has 0 aliphatic carbocycles. The van der Waals surface area contributed by atoms with Crippen LogP contribution in [0.1, 0.15) is 23.2 Å². The maximum absolute atomic E-state index is 13.4. The number of hydrogen-bond donors (Lipinski definition) is 0. The van der Waals surface area contributed by atoms with Gasteiger partial charge in [-0.1, -0.05) is 60.7 Å². The first-order chi connectivity index (χ1) is 21.2. The van der Waals surface area contributed by atoms with Crippen molar-refractivity contribution in [2.24, 2.45) is 0 Å². The van der Waals surface area contributed by atoms with Gasteiger partial charge in [0, 0.05) is 11.4 Å². The van der Waals surface area contributed by atoms with Crippen molar-refractivity contribution < 1.29 is 47.7 Å². The standard InChI is InChI=1S/C32H28N2O10/c1-41-27(37)25(35)31(29(39)43-3)23(33(31)21-11-7-5-8-12-21)19-15-17-20(18-16-19)24-32(30(40)44-4,26(36)28(38)42-2)34(24)22-13-9-6-10-14-22/h5-18,23-24H,1-4H3. The van der Waals surface area contributed by atoms with Crippen LogP contribution in [0.15, 0.2) is 84.9 Å². The second-order valence-corrected chi connectivity index (χ2v) is 10.0. The highest BCUT2D eigenvalue weighted by Crippen LogP contribution is 2.59. The van der Waals surface area contributed by atoms with E-state index in [1.807, 2.05) is 0 Å². The number of anilines is 2. The maximum Gasteiger partial charge on any atom is 0.377 e. The Morgan fingerprint density at radius 1 is 0.500 bits per heavy atom. The number of para-hydroxylation sites is 2. The summed E-state index contributed by atoms with van der Waals surface area (Å²) in [5, 5.41) is 0. The minimum atomic E-state index is -2.03. The summed E-state index contributed by atoms with van der Waals surface area (Å²) in [6, 6.07) is 21.6. The van der Waals surface area contributed by atoms with E-state index in [4.69, 9.17) is 9.47 Å². The number of ether oxygens (including phenoxy) is 4. The van der Waals surface area contributed by atoms with Crippen LogP contribution in [0.4, 0.5) is 11.4 Å². The first-order valence-electron chi connectivity index (χ1n) is 13.4. The van der Waals surface area contributed by atoms with Crippen molar-refractivity contribution >= 4 is 46.8 Å². The molecule has 3 aromatic rings. The molecule has 2 heterocycles. The summed E-state index contributed by atoms with van der Waals surface area (Å²) >= 11 is 0. The van der Waals surface area contributed by atoms with Crippen molar-refractivity contribution in [3.8, 4) is 0 Å². The molecule has 12 heteroatoms. The topological polar surface area (TPSA) is 145 Å². The molecule has 4 unspecified atom stereocenters. The fraction of sp³-hybridized carbons (Fsp3) is 0.250. The van der Waals surface area contributed by atoms with E-state index < -0.39 is 58.6 Å². The molecule has 2 aliphatic rings. The minimum absolute atomic E-state index is 0.454. The van der Waals surface area contributed by atoms with Crippen LogP contribution in [0.5, 0.6) is 0 Å². The van der Waals surface area contributed by atoms with Crippen LogP contribution in [0.3, 0.4) is 0 Å². The summed E-state index contributed by atoms with van der Waals surface area (Å²) < 4.78 is 19.4. The molecule has 5 rings (SSSR count). The highest BCUT2D eigenvalue weighted by molar-refractivity contribution is 6.46. The van der Waals surface area contributed by atoms with E-state index in [2.05, 4.69) is 9.47 Å². The molecule has 0 bridgehead atoms. The molecule has 12 nitrogen and oxygen atoms in total. The Balaban J connectivity index is 1.61. The van der Waals surface area contributed by atoms with Gasteiger partial charge in [0.25, 0.3) is 11.6 Å². The fourth-order valence-corrected chi connectivity index (χ4v) is 5.99. The smallest absolute Gasteiger partial charge is 0.377 e. The van der Waals surface area contributed by atoms with Crippen molar-refractivity contribution in [2.75, 3.05) is 38.2 Å². The molecule has 0 amide bonds. The third kappa shape index (κ3) is 4.21. The van der Waals surface area contributed by atoms with Crippen LogP contribution in [0.25, 0.3) is 0 Å². The summed E-state index contributed by atoms with van der Waals surface area (Å²) in [6.45, 7) is 0. The molecular formula is C32H28N2O10. The monoisotopic (exact) mass is 600 g/mol. The Morgan fingerprint density at radius 2 is 0.818 bits per heavy atom. The molecule has 2 fully saturated rings. The number of ketones is 2. The molecule has 3 aromatic carbocycles. The van der Waals surface area contributed by atoms with Gasteiger partial charge in [-0.2, -0.15) is 0 Å². The van der Waals surface area contributed by atoms with E-state index in [1.165, 1.54) is 9.80 Å². The van der Waals surface area contributed by atoms with Gasteiger partial charge in [-0.15, -0.1) is 0 Å². The summed E-state index contributed by atoms with van der Waals surface area (Å²) in [5.74, 6) is -6.52. The van der Waals surface area contributed by atoms with Gasteiger partial charge in [0.2, 0.25) is 11.1 Å². The van der Waals surface area contributed by atoms with E-state index in [1.54, 1.807) is 84.9 Å². The maximum atomic E-state index is 13.4. The van der Waals surface area contributed by atoms with Crippen LogP contribution in [0.2, 0.25) is 0 Å². The van der Waals surface area contributed by atoms with Crippen molar-refractivity contribution in [3.05, 3.63) is 96.1 Å². The molecule has 0 spiro atoms. The average molecular weight is 601 g/mol. The number of hydrogen-bond acceptors (Lipinski definition) is 12. The Morgan fingerprint density at radius 3 is 1.09 bits per heavy atom. The zero-order valence-corrected chi connectivity index (χ0v) is 24.2. The quantitative estimate of drug-likeness (QED) is 0.110. The average Bonchev–Trinajstić information content (AvgIpc) is 3.98. The van der Waals surface area contributed by atoms with Crippen LogP contribution in [0, 0.1) is 0 Å². The molecule has 2 saturated heterocycles. The predicted octanol–water partition coefficient (Wildman–Crippen LogP) is 2.12. The van der Waals surface area contributed by atoms with Gasteiger partial charge in [0.05, 0.1) is 40.5 Å². The minimum Gasteiger partial charge on any atom is -0.467 e. The number of carbonyl (C=O) groups excluding carboxylic acids is 6. The molecule has 2 aliphatic heterocycles. The van der Waals surface area contributed by atoms with Crippen LogP contribution in [-0.2, 0) is 47.7 Å².